The minimum absolute atomic E-state index is 0.0229. The Morgan fingerprint density at radius 1 is 1.17 bits per heavy atom. The maximum atomic E-state index is 12.2. The van der Waals surface area contributed by atoms with E-state index in [2.05, 4.69) is 26.1 Å². The zero-order valence-corrected chi connectivity index (χ0v) is 12.5. The first-order valence-electron chi connectivity index (χ1n) is 7.26. The van der Waals surface area contributed by atoms with Crippen molar-refractivity contribution in [3.8, 4) is 0 Å². The molecule has 1 aliphatic heterocycles. The van der Waals surface area contributed by atoms with Crippen molar-refractivity contribution in [3.63, 3.8) is 0 Å². The van der Waals surface area contributed by atoms with Gasteiger partial charge in [0.25, 0.3) is 0 Å². The summed E-state index contributed by atoms with van der Waals surface area (Å²) in [4.78, 5) is 12.2. The second kappa shape index (κ2) is 7.25. The molecule has 1 N–H and O–H groups in total. The van der Waals surface area contributed by atoms with E-state index < -0.39 is 0 Å². The van der Waals surface area contributed by atoms with Gasteiger partial charge in [-0.3, -0.25) is 4.79 Å². The van der Waals surface area contributed by atoms with Gasteiger partial charge < -0.3 is 10.1 Å². The molecule has 0 aliphatic carbocycles. The van der Waals surface area contributed by atoms with Crippen molar-refractivity contribution in [2.24, 2.45) is 17.8 Å². The molecule has 1 saturated heterocycles. The number of hydrogen-bond acceptors (Lipinski definition) is 3. The number of hydrogen-bond donors (Lipinski definition) is 1. The zero-order valence-electron chi connectivity index (χ0n) is 12.5. The minimum Gasteiger partial charge on any atom is -0.380 e. The van der Waals surface area contributed by atoms with Gasteiger partial charge in [0.1, 0.15) is 0 Å². The van der Waals surface area contributed by atoms with Crippen LogP contribution in [0.2, 0.25) is 0 Å². The molecule has 1 heterocycles. The number of Topliss-reactive ketones (excluding diaryl/α,β-unsaturated/α-hetero) is 1. The average Bonchev–Trinajstić information content (AvgIpc) is 2.36. The molecule has 5 atom stereocenters. The topological polar surface area (TPSA) is 38.3 Å². The second-order valence-electron chi connectivity index (χ2n) is 6.00. The molecular formula is C15H29NO2. The van der Waals surface area contributed by atoms with Crippen LogP contribution in [0.3, 0.4) is 0 Å². The smallest absolute Gasteiger partial charge is 0.152 e. The summed E-state index contributed by atoms with van der Waals surface area (Å²) in [6, 6.07) is 0.433. The van der Waals surface area contributed by atoms with Gasteiger partial charge in [-0.2, -0.15) is 0 Å². The standard InChI is InChI=1S/C15H29NO2/c1-10-7-6-8-11(2)16-9-14(17)13(4)15(18-5)12(10)3/h10-13,15-16H,6-9H2,1-5H3. The third-order valence-electron chi connectivity index (χ3n) is 4.61. The van der Waals surface area contributed by atoms with E-state index in [1.54, 1.807) is 7.11 Å². The van der Waals surface area contributed by atoms with E-state index in [1.165, 1.54) is 12.8 Å². The molecule has 3 nitrogen and oxygen atoms in total. The monoisotopic (exact) mass is 255 g/mol. The van der Waals surface area contributed by atoms with E-state index in [1.807, 2.05) is 6.92 Å². The molecule has 18 heavy (non-hydrogen) atoms. The summed E-state index contributed by atoms with van der Waals surface area (Å²) >= 11 is 0. The molecule has 1 aliphatic rings. The molecule has 1 fully saturated rings. The fourth-order valence-electron chi connectivity index (χ4n) is 2.93. The molecule has 0 spiro atoms. The van der Waals surface area contributed by atoms with Crippen molar-refractivity contribution in [1.82, 2.24) is 5.32 Å². The van der Waals surface area contributed by atoms with Crippen molar-refractivity contribution in [1.29, 1.82) is 0 Å². The highest BCUT2D eigenvalue weighted by Crippen LogP contribution is 2.28. The Morgan fingerprint density at radius 2 is 1.83 bits per heavy atom. The summed E-state index contributed by atoms with van der Waals surface area (Å²) < 4.78 is 5.61. The fourth-order valence-corrected chi connectivity index (χ4v) is 2.93. The lowest BCUT2D eigenvalue weighted by atomic mass is 9.81. The number of ether oxygens (including phenoxy) is 1. The predicted molar refractivity (Wildman–Crippen MR) is 74.6 cm³/mol. The maximum Gasteiger partial charge on any atom is 0.152 e. The minimum atomic E-state index is -0.0229. The Balaban J connectivity index is 2.81. The van der Waals surface area contributed by atoms with E-state index >= 15 is 0 Å². The van der Waals surface area contributed by atoms with Crippen LogP contribution in [0.5, 0.6) is 0 Å². The molecule has 0 aromatic heterocycles. The lowest BCUT2D eigenvalue weighted by Gasteiger charge is -2.31. The molecule has 0 radical (unpaired) electrons. The molecule has 1 rings (SSSR count). The molecular weight excluding hydrogens is 226 g/mol. The highest BCUT2D eigenvalue weighted by Gasteiger charge is 2.31. The molecule has 0 aromatic rings. The Bertz CT molecular complexity index is 267. The van der Waals surface area contributed by atoms with E-state index in [0.717, 1.165) is 6.42 Å². The van der Waals surface area contributed by atoms with Crippen LogP contribution >= 0.6 is 0 Å². The SMILES string of the molecule is COC1C(C)C(=O)CNC(C)CCCC(C)C1C. The van der Waals surface area contributed by atoms with E-state index in [0.29, 0.717) is 24.4 Å². The Morgan fingerprint density at radius 3 is 2.44 bits per heavy atom. The maximum absolute atomic E-state index is 12.2. The largest absolute Gasteiger partial charge is 0.380 e. The highest BCUT2D eigenvalue weighted by atomic mass is 16.5. The second-order valence-corrected chi connectivity index (χ2v) is 6.00. The quantitative estimate of drug-likeness (QED) is 0.783. The van der Waals surface area contributed by atoms with Crippen molar-refractivity contribution in [2.45, 2.75) is 59.1 Å². The summed E-state index contributed by atoms with van der Waals surface area (Å²) in [6.07, 6.45) is 3.63. The van der Waals surface area contributed by atoms with Crippen LogP contribution in [0.15, 0.2) is 0 Å². The number of ketones is 1. The van der Waals surface area contributed by atoms with Gasteiger partial charge in [0.05, 0.1) is 12.6 Å². The van der Waals surface area contributed by atoms with Crippen LogP contribution in [0, 0.1) is 17.8 Å². The molecule has 0 aromatic carbocycles. The van der Waals surface area contributed by atoms with Gasteiger partial charge in [-0.25, -0.2) is 0 Å². The number of rotatable bonds is 1. The Labute approximate surface area is 112 Å². The number of nitrogens with one attached hydrogen (secondary N) is 1. The van der Waals surface area contributed by atoms with Crippen LogP contribution < -0.4 is 5.32 Å². The van der Waals surface area contributed by atoms with Crippen molar-refractivity contribution < 1.29 is 9.53 Å². The van der Waals surface area contributed by atoms with E-state index in [9.17, 15) is 4.79 Å². The first kappa shape index (κ1) is 15.6. The van der Waals surface area contributed by atoms with Crippen molar-refractivity contribution in [2.75, 3.05) is 13.7 Å². The van der Waals surface area contributed by atoms with Crippen LogP contribution in [0.4, 0.5) is 0 Å². The summed E-state index contributed by atoms with van der Waals surface area (Å²) in [5, 5.41) is 3.33. The van der Waals surface area contributed by atoms with E-state index in [-0.39, 0.29) is 17.8 Å². The van der Waals surface area contributed by atoms with Crippen molar-refractivity contribution >= 4 is 5.78 Å². The number of carbonyl (C=O) groups excluding carboxylic acids is 1. The zero-order chi connectivity index (χ0) is 13.7. The van der Waals surface area contributed by atoms with Crippen LogP contribution in [-0.2, 0) is 9.53 Å². The summed E-state index contributed by atoms with van der Waals surface area (Å²) in [6.45, 7) is 9.15. The van der Waals surface area contributed by atoms with Gasteiger partial charge in [0.2, 0.25) is 0 Å². The van der Waals surface area contributed by atoms with Crippen LogP contribution in [0.25, 0.3) is 0 Å². The first-order valence-corrected chi connectivity index (χ1v) is 7.26. The molecule has 0 amide bonds. The average molecular weight is 255 g/mol. The number of carbonyl (C=O) groups is 1. The summed E-state index contributed by atoms with van der Waals surface area (Å²) in [7, 11) is 1.73. The molecule has 106 valence electrons. The van der Waals surface area contributed by atoms with Gasteiger partial charge in [-0.15, -0.1) is 0 Å². The molecule has 0 saturated carbocycles. The number of methoxy groups -OCH3 is 1. The highest BCUT2D eigenvalue weighted by molar-refractivity contribution is 5.83. The lowest BCUT2D eigenvalue weighted by Crippen LogP contribution is -2.40. The lowest BCUT2D eigenvalue weighted by molar-refractivity contribution is -0.127. The van der Waals surface area contributed by atoms with Gasteiger partial charge in [0, 0.05) is 19.1 Å². The van der Waals surface area contributed by atoms with Gasteiger partial charge in [0.15, 0.2) is 5.78 Å². The first-order chi connectivity index (χ1) is 8.47. The Hall–Kier alpha value is -0.410. The molecule has 5 unspecified atom stereocenters. The van der Waals surface area contributed by atoms with Gasteiger partial charge in [-0.1, -0.05) is 33.6 Å². The van der Waals surface area contributed by atoms with Gasteiger partial charge in [-0.05, 0) is 25.2 Å². The van der Waals surface area contributed by atoms with E-state index in [4.69, 9.17) is 4.74 Å². The molecule has 3 heteroatoms. The summed E-state index contributed by atoms with van der Waals surface area (Å²) in [5.74, 6) is 1.29. The summed E-state index contributed by atoms with van der Waals surface area (Å²) in [5.41, 5.74) is 0. The third-order valence-corrected chi connectivity index (χ3v) is 4.61. The van der Waals surface area contributed by atoms with Crippen LogP contribution in [-0.4, -0.2) is 31.6 Å². The third kappa shape index (κ3) is 4.06. The van der Waals surface area contributed by atoms with Crippen LogP contribution in [0.1, 0.15) is 47.0 Å². The normalized spacial score (nSPS) is 40.3. The predicted octanol–water partition coefficient (Wildman–Crippen LogP) is 2.64. The molecule has 0 bridgehead atoms. The van der Waals surface area contributed by atoms with Crippen molar-refractivity contribution in [3.05, 3.63) is 0 Å². The Kier molecular flexibility index (Phi) is 6.30. The fraction of sp³-hybridized carbons (Fsp3) is 0.933. The van der Waals surface area contributed by atoms with Gasteiger partial charge >= 0.3 is 0 Å².